The number of hydrazine groups is 1. The second-order valence-corrected chi connectivity index (χ2v) is 4.46. The Bertz CT molecular complexity index is 426. The van der Waals surface area contributed by atoms with Gasteiger partial charge in [0.05, 0.1) is 6.61 Å². The van der Waals surface area contributed by atoms with Crippen molar-refractivity contribution in [1.82, 2.24) is 15.0 Å². The van der Waals surface area contributed by atoms with Crippen molar-refractivity contribution < 1.29 is 9.53 Å². The molecule has 0 unspecified atom stereocenters. The third kappa shape index (κ3) is 3.33. The number of esters is 1. The van der Waals surface area contributed by atoms with Crippen LogP contribution in [-0.4, -0.2) is 55.0 Å². The standard InChI is InChI=1S/C11H18N4O2S/c1-6-17-10(16)8-7-12-11(18-5)13-9(8)15(4)14(2)3/h7H,6H2,1-5H3. The molecule has 0 aliphatic rings. The Morgan fingerprint density at radius 1 is 1.44 bits per heavy atom. The maximum atomic E-state index is 11.8. The molecule has 7 heteroatoms. The Morgan fingerprint density at radius 2 is 2.11 bits per heavy atom. The van der Waals surface area contributed by atoms with Crippen molar-refractivity contribution in [3.05, 3.63) is 11.8 Å². The molecular formula is C11H18N4O2S. The van der Waals surface area contributed by atoms with Gasteiger partial charge in [-0.25, -0.2) is 19.8 Å². The van der Waals surface area contributed by atoms with E-state index in [1.165, 1.54) is 18.0 Å². The largest absolute Gasteiger partial charge is 0.462 e. The van der Waals surface area contributed by atoms with Gasteiger partial charge in [-0.1, -0.05) is 11.8 Å². The average molecular weight is 270 g/mol. The zero-order valence-electron chi connectivity index (χ0n) is 11.3. The second kappa shape index (κ2) is 6.55. The number of ether oxygens (including phenoxy) is 1. The van der Waals surface area contributed by atoms with Crippen LogP contribution in [0.25, 0.3) is 0 Å². The van der Waals surface area contributed by atoms with Crippen LogP contribution in [0.3, 0.4) is 0 Å². The number of aromatic nitrogens is 2. The minimum atomic E-state index is -0.408. The van der Waals surface area contributed by atoms with Gasteiger partial charge < -0.3 is 4.74 Å². The van der Waals surface area contributed by atoms with E-state index in [-0.39, 0.29) is 0 Å². The number of nitrogens with zero attached hydrogens (tertiary/aromatic N) is 4. The van der Waals surface area contributed by atoms with Crippen molar-refractivity contribution in [3.63, 3.8) is 0 Å². The van der Waals surface area contributed by atoms with Gasteiger partial charge >= 0.3 is 5.97 Å². The summed E-state index contributed by atoms with van der Waals surface area (Å²) in [5.74, 6) is 0.131. The summed E-state index contributed by atoms with van der Waals surface area (Å²) in [6.07, 6.45) is 3.39. The van der Waals surface area contributed by atoms with Crippen molar-refractivity contribution in [1.29, 1.82) is 0 Å². The second-order valence-electron chi connectivity index (χ2n) is 3.69. The van der Waals surface area contributed by atoms with Gasteiger partial charge in [-0.3, -0.25) is 5.01 Å². The van der Waals surface area contributed by atoms with Crippen molar-refractivity contribution in [2.45, 2.75) is 12.1 Å². The third-order valence-electron chi connectivity index (χ3n) is 2.33. The minimum Gasteiger partial charge on any atom is -0.462 e. The molecule has 0 bridgehead atoms. The van der Waals surface area contributed by atoms with Gasteiger partial charge in [0.25, 0.3) is 0 Å². The summed E-state index contributed by atoms with van der Waals surface area (Å²) < 4.78 is 5.00. The predicted octanol–water partition coefficient (Wildman–Crippen LogP) is 1.29. The maximum Gasteiger partial charge on any atom is 0.343 e. The Hall–Kier alpha value is -1.34. The highest BCUT2D eigenvalue weighted by Crippen LogP contribution is 2.20. The van der Waals surface area contributed by atoms with E-state index in [1.54, 1.807) is 11.9 Å². The number of carbonyl (C=O) groups excluding carboxylic acids is 1. The Kier molecular flexibility index (Phi) is 5.36. The van der Waals surface area contributed by atoms with E-state index in [9.17, 15) is 4.79 Å². The average Bonchev–Trinajstić information content (AvgIpc) is 2.37. The molecule has 1 heterocycles. The molecule has 1 rings (SSSR count). The molecule has 1 aromatic heterocycles. The Balaban J connectivity index is 3.20. The Labute approximate surface area is 111 Å². The quantitative estimate of drug-likeness (QED) is 0.346. The number of hydrogen-bond acceptors (Lipinski definition) is 7. The van der Waals surface area contributed by atoms with Crippen molar-refractivity contribution in [2.24, 2.45) is 0 Å². The highest BCUT2D eigenvalue weighted by Gasteiger charge is 2.19. The molecule has 0 N–H and O–H groups in total. The third-order valence-corrected chi connectivity index (χ3v) is 2.89. The fourth-order valence-electron chi connectivity index (χ4n) is 1.24. The molecule has 100 valence electrons. The van der Waals surface area contributed by atoms with Crippen LogP contribution in [0, 0.1) is 0 Å². The van der Waals surface area contributed by atoms with Crippen LogP contribution in [0.1, 0.15) is 17.3 Å². The number of hydrogen-bond donors (Lipinski definition) is 0. The van der Waals surface area contributed by atoms with Crippen LogP contribution >= 0.6 is 11.8 Å². The summed E-state index contributed by atoms with van der Waals surface area (Å²) >= 11 is 1.43. The SMILES string of the molecule is CCOC(=O)c1cnc(SC)nc1N(C)N(C)C. The lowest BCUT2D eigenvalue weighted by molar-refractivity contribution is 0.0525. The van der Waals surface area contributed by atoms with E-state index < -0.39 is 5.97 Å². The van der Waals surface area contributed by atoms with Crippen molar-refractivity contribution >= 4 is 23.5 Å². The highest BCUT2D eigenvalue weighted by atomic mass is 32.2. The van der Waals surface area contributed by atoms with Crippen LogP contribution in [0.15, 0.2) is 11.4 Å². The monoisotopic (exact) mass is 270 g/mol. The van der Waals surface area contributed by atoms with E-state index in [4.69, 9.17) is 4.74 Å². The van der Waals surface area contributed by atoms with Crippen molar-refractivity contribution in [2.75, 3.05) is 39.0 Å². The smallest absolute Gasteiger partial charge is 0.343 e. The lowest BCUT2D eigenvalue weighted by Crippen LogP contribution is -2.35. The molecule has 0 radical (unpaired) electrons. The van der Waals surface area contributed by atoms with Gasteiger partial charge in [-0.15, -0.1) is 0 Å². The summed E-state index contributed by atoms with van der Waals surface area (Å²) in [7, 11) is 5.57. The van der Waals surface area contributed by atoms with E-state index in [0.717, 1.165) is 0 Å². The van der Waals surface area contributed by atoms with E-state index in [1.807, 2.05) is 32.4 Å². The summed E-state index contributed by atoms with van der Waals surface area (Å²) in [4.78, 5) is 20.3. The molecule has 0 atom stereocenters. The topological polar surface area (TPSA) is 58.6 Å². The number of thioether (sulfide) groups is 1. The molecule has 0 aliphatic heterocycles. The fourth-order valence-corrected chi connectivity index (χ4v) is 1.58. The zero-order valence-corrected chi connectivity index (χ0v) is 12.1. The van der Waals surface area contributed by atoms with E-state index >= 15 is 0 Å². The van der Waals surface area contributed by atoms with Crippen LogP contribution in [-0.2, 0) is 4.74 Å². The summed E-state index contributed by atoms with van der Waals surface area (Å²) in [5.41, 5.74) is 0.367. The van der Waals surface area contributed by atoms with Gasteiger partial charge in [-0.2, -0.15) is 0 Å². The van der Waals surface area contributed by atoms with Gasteiger partial charge in [0, 0.05) is 27.3 Å². The number of rotatable bonds is 5. The predicted molar refractivity (Wildman–Crippen MR) is 71.9 cm³/mol. The highest BCUT2D eigenvalue weighted by molar-refractivity contribution is 7.98. The molecule has 0 aromatic carbocycles. The first-order valence-corrected chi connectivity index (χ1v) is 6.72. The van der Waals surface area contributed by atoms with Gasteiger partial charge in [0.15, 0.2) is 11.0 Å². The lowest BCUT2D eigenvalue weighted by atomic mass is 10.3. The number of anilines is 1. The Morgan fingerprint density at radius 3 is 2.61 bits per heavy atom. The first-order chi connectivity index (χ1) is 8.51. The normalized spacial score (nSPS) is 10.6. The molecule has 0 amide bonds. The first kappa shape index (κ1) is 14.7. The van der Waals surface area contributed by atoms with Crippen LogP contribution in [0.5, 0.6) is 0 Å². The maximum absolute atomic E-state index is 11.8. The van der Waals surface area contributed by atoms with E-state index in [2.05, 4.69) is 9.97 Å². The summed E-state index contributed by atoms with van der Waals surface area (Å²) in [5, 5.41) is 4.22. The minimum absolute atomic E-state index is 0.328. The van der Waals surface area contributed by atoms with Gasteiger partial charge in [0.2, 0.25) is 0 Å². The van der Waals surface area contributed by atoms with Gasteiger partial charge in [0.1, 0.15) is 5.56 Å². The molecule has 18 heavy (non-hydrogen) atoms. The molecular weight excluding hydrogens is 252 g/mol. The van der Waals surface area contributed by atoms with Crippen LogP contribution < -0.4 is 5.01 Å². The molecule has 0 aliphatic carbocycles. The van der Waals surface area contributed by atoms with Crippen LogP contribution in [0.4, 0.5) is 5.82 Å². The number of carbonyl (C=O) groups is 1. The summed E-state index contributed by atoms with van der Waals surface area (Å²) in [6, 6.07) is 0. The molecule has 0 fully saturated rings. The van der Waals surface area contributed by atoms with Gasteiger partial charge in [-0.05, 0) is 13.2 Å². The van der Waals surface area contributed by atoms with Crippen LogP contribution in [0.2, 0.25) is 0 Å². The van der Waals surface area contributed by atoms with E-state index in [0.29, 0.717) is 23.1 Å². The fraction of sp³-hybridized carbons (Fsp3) is 0.545. The zero-order chi connectivity index (χ0) is 13.7. The molecule has 0 saturated carbocycles. The molecule has 6 nitrogen and oxygen atoms in total. The lowest BCUT2D eigenvalue weighted by Gasteiger charge is -2.26. The molecule has 0 spiro atoms. The van der Waals surface area contributed by atoms with Crippen molar-refractivity contribution in [3.8, 4) is 0 Å². The summed E-state index contributed by atoms with van der Waals surface area (Å²) in [6.45, 7) is 2.10. The first-order valence-electron chi connectivity index (χ1n) is 5.50. The molecule has 1 aromatic rings. The molecule has 0 saturated heterocycles.